The maximum Gasteiger partial charge on any atom is 0.166 e. The number of fused-ring (bicyclic) bond motifs is 2. The molecule has 100 valence electrons. The summed E-state index contributed by atoms with van der Waals surface area (Å²) < 4.78 is 1.76. The molecule has 0 N–H and O–H groups in total. The molecule has 0 radical (unpaired) electrons. The molecule has 3 aromatic rings. The van der Waals surface area contributed by atoms with Gasteiger partial charge in [-0.15, -0.1) is 0 Å². The Kier molecular flexibility index (Phi) is 2.54. The molecule has 4 nitrogen and oxygen atoms in total. The van der Waals surface area contributed by atoms with Gasteiger partial charge in [0, 0.05) is 17.5 Å². The van der Waals surface area contributed by atoms with Crippen molar-refractivity contribution in [2.75, 3.05) is 0 Å². The first-order chi connectivity index (χ1) is 9.75. The zero-order valence-corrected chi connectivity index (χ0v) is 11.9. The third kappa shape index (κ3) is 1.58. The van der Waals surface area contributed by atoms with Crippen LogP contribution in [0.3, 0.4) is 0 Å². The average Bonchev–Trinajstić information content (AvgIpc) is 3.04. The average molecular weight is 285 g/mol. The molecule has 3 heterocycles. The van der Waals surface area contributed by atoms with Crippen molar-refractivity contribution in [3.8, 4) is 11.3 Å². The molecule has 0 saturated heterocycles. The Balaban J connectivity index is 2.08. The molecule has 0 aromatic carbocycles. The fraction of sp³-hybridized carbons (Fsp3) is 0.267. The van der Waals surface area contributed by atoms with E-state index in [1.807, 2.05) is 25.1 Å². The van der Waals surface area contributed by atoms with E-state index in [-0.39, 0.29) is 0 Å². The summed E-state index contributed by atoms with van der Waals surface area (Å²) in [5, 5.41) is 5.25. The molecule has 0 bridgehead atoms. The lowest BCUT2D eigenvalue weighted by atomic mass is 10.1. The highest BCUT2D eigenvalue weighted by Gasteiger charge is 2.23. The van der Waals surface area contributed by atoms with Gasteiger partial charge in [0.25, 0.3) is 0 Å². The fourth-order valence-corrected chi connectivity index (χ4v) is 3.22. The van der Waals surface area contributed by atoms with Crippen LogP contribution in [-0.4, -0.2) is 19.6 Å². The number of pyridine rings is 1. The van der Waals surface area contributed by atoms with E-state index in [0.29, 0.717) is 5.15 Å². The minimum atomic E-state index is 0.702. The Morgan fingerprint density at radius 2 is 2.15 bits per heavy atom. The minimum absolute atomic E-state index is 0.702. The number of rotatable bonds is 1. The molecule has 0 amide bonds. The zero-order valence-electron chi connectivity index (χ0n) is 11.1. The van der Waals surface area contributed by atoms with Gasteiger partial charge in [0.1, 0.15) is 5.15 Å². The third-order valence-corrected chi connectivity index (χ3v) is 4.21. The van der Waals surface area contributed by atoms with Crippen molar-refractivity contribution in [3.05, 3.63) is 46.5 Å². The largest absolute Gasteiger partial charge is 0.256 e. The molecular formula is C15H13ClN4. The predicted octanol–water partition coefficient (Wildman–Crippen LogP) is 3.24. The van der Waals surface area contributed by atoms with Crippen LogP contribution >= 0.6 is 11.6 Å². The normalized spacial score (nSPS) is 13.9. The second-order valence-electron chi connectivity index (χ2n) is 5.09. The molecule has 20 heavy (non-hydrogen) atoms. The van der Waals surface area contributed by atoms with Crippen LogP contribution in [0.1, 0.15) is 23.4 Å². The van der Waals surface area contributed by atoms with Crippen molar-refractivity contribution in [2.45, 2.75) is 26.2 Å². The standard InChI is InChI=1S/C15H13ClN4/c1-9-13(12-6-2-3-8-17-12)15-18-11-7-4-5-10(11)14(16)20(15)19-9/h2-3,6,8H,4-5,7H2,1H3. The second kappa shape index (κ2) is 4.28. The van der Waals surface area contributed by atoms with Gasteiger partial charge in [0.15, 0.2) is 5.65 Å². The second-order valence-corrected chi connectivity index (χ2v) is 5.45. The van der Waals surface area contributed by atoms with E-state index < -0.39 is 0 Å². The molecule has 0 atom stereocenters. The number of hydrogen-bond donors (Lipinski definition) is 0. The molecule has 5 heteroatoms. The molecule has 1 aliphatic rings. The van der Waals surface area contributed by atoms with Gasteiger partial charge in [0.2, 0.25) is 0 Å². The SMILES string of the molecule is Cc1nn2c(Cl)c3c(nc2c1-c1ccccn1)CCC3. The third-order valence-electron chi connectivity index (χ3n) is 3.82. The molecule has 0 unspecified atom stereocenters. The van der Waals surface area contributed by atoms with Gasteiger partial charge in [-0.3, -0.25) is 4.98 Å². The van der Waals surface area contributed by atoms with Crippen LogP contribution in [0.4, 0.5) is 0 Å². The van der Waals surface area contributed by atoms with E-state index in [4.69, 9.17) is 16.6 Å². The van der Waals surface area contributed by atoms with Gasteiger partial charge in [-0.2, -0.15) is 5.10 Å². The van der Waals surface area contributed by atoms with E-state index in [9.17, 15) is 0 Å². The summed E-state index contributed by atoms with van der Waals surface area (Å²) in [7, 11) is 0. The predicted molar refractivity (Wildman–Crippen MR) is 78.0 cm³/mol. The molecule has 0 fully saturated rings. The van der Waals surface area contributed by atoms with Crippen molar-refractivity contribution in [2.24, 2.45) is 0 Å². The van der Waals surface area contributed by atoms with E-state index >= 15 is 0 Å². The van der Waals surface area contributed by atoms with Crippen molar-refractivity contribution >= 4 is 17.2 Å². The molecule has 4 rings (SSSR count). The summed E-state index contributed by atoms with van der Waals surface area (Å²) in [6.45, 7) is 1.97. The number of aromatic nitrogens is 4. The Bertz CT molecular complexity index is 808. The Morgan fingerprint density at radius 1 is 1.25 bits per heavy atom. The van der Waals surface area contributed by atoms with Gasteiger partial charge >= 0.3 is 0 Å². The maximum absolute atomic E-state index is 6.50. The molecule has 0 saturated carbocycles. The lowest BCUT2D eigenvalue weighted by Crippen LogP contribution is -2.00. The van der Waals surface area contributed by atoms with Crippen LogP contribution in [0.15, 0.2) is 24.4 Å². The van der Waals surface area contributed by atoms with E-state index in [1.165, 1.54) is 0 Å². The van der Waals surface area contributed by atoms with Crippen molar-refractivity contribution in [1.29, 1.82) is 0 Å². The number of halogens is 1. The molecule has 1 aliphatic carbocycles. The highest BCUT2D eigenvalue weighted by Crippen LogP contribution is 2.33. The summed E-state index contributed by atoms with van der Waals surface area (Å²) in [6.07, 6.45) is 4.90. The van der Waals surface area contributed by atoms with Crippen molar-refractivity contribution in [3.63, 3.8) is 0 Å². The monoisotopic (exact) mass is 284 g/mol. The fourth-order valence-electron chi connectivity index (χ4n) is 2.89. The van der Waals surface area contributed by atoms with Crippen LogP contribution < -0.4 is 0 Å². The van der Waals surface area contributed by atoms with Crippen LogP contribution in [0.5, 0.6) is 0 Å². The van der Waals surface area contributed by atoms with E-state index in [1.54, 1.807) is 10.7 Å². The quantitative estimate of drug-likeness (QED) is 0.644. The zero-order chi connectivity index (χ0) is 13.7. The molecule has 0 spiro atoms. The Hall–Kier alpha value is -1.94. The topological polar surface area (TPSA) is 43.1 Å². The summed E-state index contributed by atoms with van der Waals surface area (Å²) >= 11 is 6.50. The maximum atomic E-state index is 6.50. The van der Waals surface area contributed by atoms with Crippen molar-refractivity contribution in [1.82, 2.24) is 19.6 Å². The summed E-state index contributed by atoms with van der Waals surface area (Å²) in [4.78, 5) is 9.21. The van der Waals surface area contributed by atoms with E-state index in [0.717, 1.165) is 53.1 Å². The highest BCUT2D eigenvalue weighted by atomic mass is 35.5. The van der Waals surface area contributed by atoms with Gasteiger partial charge < -0.3 is 0 Å². The van der Waals surface area contributed by atoms with Crippen LogP contribution in [-0.2, 0) is 12.8 Å². The summed E-state index contributed by atoms with van der Waals surface area (Å²) in [5.41, 5.74) is 5.84. The smallest absolute Gasteiger partial charge is 0.166 e. The lowest BCUT2D eigenvalue weighted by Gasteiger charge is -2.05. The molecule has 0 aliphatic heterocycles. The summed E-state index contributed by atoms with van der Waals surface area (Å²) in [6, 6.07) is 5.86. The van der Waals surface area contributed by atoms with Crippen LogP contribution in [0.2, 0.25) is 5.15 Å². The first kappa shape index (κ1) is 11.9. The first-order valence-corrected chi connectivity index (χ1v) is 7.11. The van der Waals surface area contributed by atoms with Crippen molar-refractivity contribution < 1.29 is 0 Å². The highest BCUT2D eigenvalue weighted by molar-refractivity contribution is 6.30. The minimum Gasteiger partial charge on any atom is -0.256 e. The van der Waals surface area contributed by atoms with Crippen LogP contribution in [0.25, 0.3) is 16.9 Å². The number of nitrogens with zero attached hydrogens (tertiary/aromatic N) is 4. The van der Waals surface area contributed by atoms with Gasteiger partial charge in [-0.1, -0.05) is 17.7 Å². The summed E-state index contributed by atoms with van der Waals surface area (Å²) in [5.74, 6) is 0. The van der Waals surface area contributed by atoms with Crippen LogP contribution in [0, 0.1) is 6.92 Å². The van der Waals surface area contributed by atoms with Gasteiger partial charge in [-0.25, -0.2) is 9.50 Å². The number of hydrogen-bond acceptors (Lipinski definition) is 3. The van der Waals surface area contributed by atoms with Gasteiger partial charge in [-0.05, 0) is 38.3 Å². The van der Waals surface area contributed by atoms with E-state index in [2.05, 4.69) is 10.1 Å². The number of aryl methyl sites for hydroxylation is 2. The molecule has 3 aromatic heterocycles. The lowest BCUT2D eigenvalue weighted by molar-refractivity contribution is 0.896. The Labute approximate surface area is 121 Å². The first-order valence-electron chi connectivity index (χ1n) is 6.73. The van der Waals surface area contributed by atoms with Gasteiger partial charge in [0.05, 0.1) is 17.0 Å². The Morgan fingerprint density at radius 3 is 2.95 bits per heavy atom. The molecular weight excluding hydrogens is 272 g/mol.